The van der Waals surface area contributed by atoms with Crippen molar-refractivity contribution in [2.45, 2.75) is 13.5 Å². The highest BCUT2D eigenvalue weighted by atomic mass is 16.7. The van der Waals surface area contributed by atoms with Gasteiger partial charge in [-0.2, -0.15) is 0 Å². The third-order valence-electron chi connectivity index (χ3n) is 5.35. The Morgan fingerprint density at radius 2 is 1.68 bits per heavy atom. The maximum Gasteiger partial charge on any atom is 0.241 e. The number of benzene rings is 2. The zero-order chi connectivity index (χ0) is 19.3. The Balaban J connectivity index is 1.27. The number of hydrogen-bond donors (Lipinski definition) is 0. The largest absolute Gasteiger partial charge is 0.454 e. The van der Waals surface area contributed by atoms with Crippen LogP contribution < -0.4 is 14.4 Å². The Hall–Kier alpha value is -2.57. The smallest absolute Gasteiger partial charge is 0.241 e. The van der Waals surface area contributed by atoms with Gasteiger partial charge in [0.15, 0.2) is 11.5 Å². The maximum absolute atomic E-state index is 12.8. The van der Waals surface area contributed by atoms with Crippen LogP contribution in [0.3, 0.4) is 0 Å². The Kier molecular flexibility index (Phi) is 5.78. The fraction of sp³-hybridized carbons (Fsp3) is 0.409. The van der Waals surface area contributed by atoms with Gasteiger partial charge in [-0.1, -0.05) is 24.3 Å². The minimum Gasteiger partial charge on any atom is -0.454 e. The molecule has 0 aromatic heterocycles. The second kappa shape index (κ2) is 8.63. The highest BCUT2D eigenvalue weighted by Crippen LogP contribution is 2.32. The van der Waals surface area contributed by atoms with Crippen molar-refractivity contribution in [3.8, 4) is 11.5 Å². The molecule has 2 aromatic carbocycles. The summed E-state index contributed by atoms with van der Waals surface area (Å²) < 4.78 is 10.8. The van der Waals surface area contributed by atoms with Crippen molar-refractivity contribution in [1.29, 1.82) is 0 Å². The van der Waals surface area contributed by atoms with Gasteiger partial charge in [0.2, 0.25) is 12.7 Å². The number of hydrogen-bond acceptors (Lipinski definition) is 5. The van der Waals surface area contributed by atoms with Crippen molar-refractivity contribution in [3.63, 3.8) is 0 Å². The molecule has 6 heteroatoms. The van der Waals surface area contributed by atoms with Gasteiger partial charge >= 0.3 is 0 Å². The lowest BCUT2D eigenvalue weighted by Gasteiger charge is -2.35. The van der Waals surface area contributed by atoms with Crippen LogP contribution in [0.5, 0.6) is 11.5 Å². The van der Waals surface area contributed by atoms with E-state index in [1.54, 1.807) is 0 Å². The van der Waals surface area contributed by atoms with Crippen molar-refractivity contribution >= 4 is 11.6 Å². The summed E-state index contributed by atoms with van der Waals surface area (Å²) in [5.74, 6) is 1.83. The van der Waals surface area contributed by atoms with E-state index in [4.69, 9.17) is 9.47 Å². The first kappa shape index (κ1) is 18.8. The molecule has 2 heterocycles. The summed E-state index contributed by atoms with van der Waals surface area (Å²) in [6.45, 7) is 8.11. The number of nitrogens with zero attached hydrogens (tertiary/aromatic N) is 3. The summed E-state index contributed by atoms with van der Waals surface area (Å²) in [5.41, 5.74) is 2.20. The number of ether oxygens (including phenoxy) is 2. The third-order valence-corrected chi connectivity index (χ3v) is 5.35. The topological polar surface area (TPSA) is 45.3 Å². The summed E-state index contributed by atoms with van der Waals surface area (Å²) in [6.07, 6.45) is 0. The fourth-order valence-electron chi connectivity index (χ4n) is 3.79. The zero-order valence-corrected chi connectivity index (χ0v) is 16.3. The number of rotatable bonds is 6. The highest BCUT2D eigenvalue weighted by Gasteiger charge is 2.22. The molecule has 0 bridgehead atoms. The second-order valence-corrected chi connectivity index (χ2v) is 7.21. The van der Waals surface area contributed by atoms with Crippen LogP contribution in [0.2, 0.25) is 0 Å². The van der Waals surface area contributed by atoms with Crippen molar-refractivity contribution in [3.05, 3.63) is 54.1 Å². The van der Waals surface area contributed by atoms with Crippen molar-refractivity contribution in [2.75, 3.05) is 51.0 Å². The number of likely N-dealkylation sites (N-methyl/N-ethyl adjacent to an activating group) is 1. The minimum atomic E-state index is 0.165. The number of piperazine rings is 1. The molecule has 1 amide bonds. The fourth-order valence-corrected chi connectivity index (χ4v) is 3.79. The van der Waals surface area contributed by atoms with E-state index in [-0.39, 0.29) is 5.91 Å². The molecular formula is C22H27N3O3. The predicted octanol–water partition coefficient (Wildman–Crippen LogP) is 2.59. The molecule has 0 spiro atoms. The maximum atomic E-state index is 12.8. The molecule has 1 saturated heterocycles. The molecule has 0 aliphatic carbocycles. The molecule has 0 unspecified atom stereocenters. The molecule has 0 radical (unpaired) electrons. The normalized spacial score (nSPS) is 16.9. The molecule has 4 rings (SSSR count). The van der Waals surface area contributed by atoms with Gasteiger partial charge in [-0.15, -0.1) is 0 Å². The molecule has 0 atom stereocenters. The Labute approximate surface area is 166 Å². The van der Waals surface area contributed by atoms with Crippen LogP contribution in [-0.2, 0) is 11.3 Å². The van der Waals surface area contributed by atoms with E-state index in [1.165, 1.54) is 5.56 Å². The first-order valence-electron chi connectivity index (χ1n) is 9.91. The van der Waals surface area contributed by atoms with Crippen molar-refractivity contribution in [2.24, 2.45) is 0 Å². The SMILES string of the molecule is CCN(C(=O)CN1CCN(Cc2ccc3c(c2)OCO3)CC1)c1ccccc1. The van der Waals surface area contributed by atoms with E-state index in [0.29, 0.717) is 19.9 Å². The highest BCUT2D eigenvalue weighted by molar-refractivity contribution is 5.94. The van der Waals surface area contributed by atoms with Crippen molar-refractivity contribution in [1.82, 2.24) is 9.80 Å². The van der Waals surface area contributed by atoms with E-state index in [9.17, 15) is 4.79 Å². The molecule has 0 N–H and O–H groups in total. The first-order chi connectivity index (χ1) is 13.7. The van der Waals surface area contributed by atoms with Gasteiger partial charge in [0.05, 0.1) is 6.54 Å². The summed E-state index contributed by atoms with van der Waals surface area (Å²) in [4.78, 5) is 19.3. The molecular weight excluding hydrogens is 354 g/mol. The standard InChI is InChI=1S/C22H27N3O3/c1-2-25(19-6-4-3-5-7-19)22(26)16-24-12-10-23(11-13-24)15-18-8-9-20-21(14-18)28-17-27-20/h3-9,14H,2,10-13,15-17H2,1H3. The lowest BCUT2D eigenvalue weighted by atomic mass is 10.1. The monoisotopic (exact) mass is 381 g/mol. The van der Waals surface area contributed by atoms with Crippen LogP contribution in [0.4, 0.5) is 5.69 Å². The molecule has 2 aliphatic rings. The van der Waals surface area contributed by atoms with Crippen LogP contribution in [0.15, 0.2) is 48.5 Å². The van der Waals surface area contributed by atoms with E-state index < -0.39 is 0 Å². The Bertz CT molecular complexity index is 804. The second-order valence-electron chi connectivity index (χ2n) is 7.21. The molecule has 28 heavy (non-hydrogen) atoms. The number of carbonyl (C=O) groups is 1. The average Bonchev–Trinajstić information content (AvgIpc) is 3.19. The van der Waals surface area contributed by atoms with E-state index in [2.05, 4.69) is 21.9 Å². The number of fused-ring (bicyclic) bond motifs is 1. The van der Waals surface area contributed by atoms with Gasteiger partial charge in [0.1, 0.15) is 0 Å². The molecule has 6 nitrogen and oxygen atoms in total. The van der Waals surface area contributed by atoms with Crippen LogP contribution in [0.1, 0.15) is 12.5 Å². The Morgan fingerprint density at radius 1 is 0.964 bits per heavy atom. The predicted molar refractivity (Wildman–Crippen MR) is 109 cm³/mol. The first-order valence-corrected chi connectivity index (χ1v) is 9.91. The number of anilines is 1. The zero-order valence-electron chi connectivity index (χ0n) is 16.3. The Morgan fingerprint density at radius 3 is 2.43 bits per heavy atom. The van der Waals surface area contributed by atoms with Crippen molar-refractivity contribution < 1.29 is 14.3 Å². The van der Waals surface area contributed by atoms with E-state index in [0.717, 1.165) is 49.9 Å². The van der Waals surface area contributed by atoms with Gasteiger partial charge in [-0.3, -0.25) is 14.6 Å². The number of carbonyl (C=O) groups excluding carboxylic acids is 1. The summed E-state index contributed by atoms with van der Waals surface area (Å²) in [5, 5.41) is 0. The molecule has 2 aliphatic heterocycles. The van der Waals surface area contributed by atoms with Crippen LogP contribution in [0.25, 0.3) is 0 Å². The lowest BCUT2D eigenvalue weighted by Crippen LogP contribution is -2.49. The average molecular weight is 381 g/mol. The van der Waals surface area contributed by atoms with Gasteiger partial charge in [-0.05, 0) is 36.8 Å². The molecule has 0 saturated carbocycles. The van der Waals surface area contributed by atoms with Crippen LogP contribution in [-0.4, -0.2) is 61.8 Å². The van der Waals surface area contributed by atoms with Gasteiger partial charge in [0.25, 0.3) is 0 Å². The lowest BCUT2D eigenvalue weighted by molar-refractivity contribution is -0.120. The van der Waals surface area contributed by atoms with E-state index >= 15 is 0 Å². The molecule has 148 valence electrons. The third kappa shape index (κ3) is 4.29. The summed E-state index contributed by atoms with van der Waals surface area (Å²) in [6, 6.07) is 16.0. The number of amides is 1. The van der Waals surface area contributed by atoms with Crippen LogP contribution >= 0.6 is 0 Å². The number of para-hydroxylation sites is 1. The van der Waals surface area contributed by atoms with Gasteiger partial charge in [0, 0.05) is 45.0 Å². The summed E-state index contributed by atoms with van der Waals surface area (Å²) in [7, 11) is 0. The summed E-state index contributed by atoms with van der Waals surface area (Å²) >= 11 is 0. The minimum absolute atomic E-state index is 0.165. The quantitative estimate of drug-likeness (QED) is 0.770. The van der Waals surface area contributed by atoms with Crippen LogP contribution in [0, 0.1) is 0 Å². The molecule has 2 aromatic rings. The van der Waals surface area contributed by atoms with E-state index in [1.807, 2.05) is 48.2 Å². The molecule has 1 fully saturated rings. The van der Waals surface area contributed by atoms with Gasteiger partial charge in [-0.25, -0.2) is 0 Å². The van der Waals surface area contributed by atoms with Gasteiger partial charge < -0.3 is 14.4 Å².